The third-order valence-corrected chi connectivity index (χ3v) is 6.98. The van der Waals surface area contributed by atoms with E-state index < -0.39 is 23.7 Å². The molecule has 4 aromatic rings. The van der Waals surface area contributed by atoms with Crippen molar-refractivity contribution < 1.29 is 26.7 Å². The van der Waals surface area contributed by atoms with Gasteiger partial charge >= 0.3 is 6.36 Å². The van der Waals surface area contributed by atoms with E-state index in [0.29, 0.717) is 22.8 Å². The Morgan fingerprint density at radius 3 is 2.29 bits per heavy atom. The highest BCUT2D eigenvalue weighted by atomic mass is 32.2. The minimum atomic E-state index is -4.84. The van der Waals surface area contributed by atoms with Crippen molar-refractivity contribution in [1.29, 1.82) is 0 Å². The summed E-state index contributed by atoms with van der Waals surface area (Å²) in [6.45, 7) is 4.42. The minimum absolute atomic E-state index is 0.246. The summed E-state index contributed by atoms with van der Waals surface area (Å²) >= 11 is 1.69. The second kappa shape index (κ2) is 11.8. The van der Waals surface area contributed by atoms with E-state index in [4.69, 9.17) is 11.6 Å². The molecule has 4 rings (SSSR count). The molecule has 12 heteroatoms. The van der Waals surface area contributed by atoms with E-state index >= 15 is 0 Å². The van der Waals surface area contributed by atoms with Gasteiger partial charge in [0.15, 0.2) is 0 Å². The summed E-state index contributed by atoms with van der Waals surface area (Å²) in [4.78, 5) is 5.11. The van der Waals surface area contributed by atoms with E-state index in [1.165, 1.54) is 34.1 Å². The van der Waals surface area contributed by atoms with Crippen LogP contribution in [0, 0.1) is 6.92 Å². The van der Waals surface area contributed by atoms with Crippen molar-refractivity contribution in [1.82, 2.24) is 9.55 Å². The zero-order chi connectivity index (χ0) is 29.9. The Kier molecular flexibility index (Phi) is 8.64. The number of aryl methyl sites for hydroxylation is 1. The molecule has 0 aliphatic rings. The summed E-state index contributed by atoms with van der Waals surface area (Å²) in [5.41, 5.74) is 8.70. The highest BCUT2D eigenvalue weighted by molar-refractivity contribution is 7.99. The molecular formula is C29H28F5N5OS. The van der Waals surface area contributed by atoms with E-state index in [1.807, 2.05) is 30.3 Å². The number of halogens is 5. The maximum atomic E-state index is 14.1. The van der Waals surface area contributed by atoms with E-state index in [0.717, 1.165) is 40.8 Å². The smallest absolute Gasteiger partial charge is 0.406 e. The van der Waals surface area contributed by atoms with Crippen LogP contribution in [0.3, 0.4) is 0 Å². The van der Waals surface area contributed by atoms with Gasteiger partial charge in [0.05, 0.1) is 17.1 Å². The average molecular weight is 590 g/mol. The van der Waals surface area contributed by atoms with Crippen LogP contribution in [-0.4, -0.2) is 21.7 Å². The molecule has 6 nitrogen and oxygen atoms in total. The van der Waals surface area contributed by atoms with Crippen LogP contribution in [0.1, 0.15) is 30.9 Å². The van der Waals surface area contributed by atoms with Crippen LogP contribution >= 0.6 is 11.8 Å². The predicted octanol–water partition coefficient (Wildman–Crippen LogP) is 7.61. The Morgan fingerprint density at radius 1 is 1.02 bits per heavy atom. The molecule has 1 heterocycles. The number of hydrogen-bond acceptors (Lipinski definition) is 6. The number of thioether (sulfide) groups is 1. The lowest BCUT2D eigenvalue weighted by molar-refractivity contribution is -0.274. The predicted molar refractivity (Wildman–Crippen MR) is 152 cm³/mol. The summed E-state index contributed by atoms with van der Waals surface area (Å²) in [5.74, 6) is 4.24. The Balaban J connectivity index is 1.83. The summed E-state index contributed by atoms with van der Waals surface area (Å²) in [6.07, 6.45) is -2.39. The van der Waals surface area contributed by atoms with Gasteiger partial charge in [0, 0.05) is 29.8 Å². The van der Waals surface area contributed by atoms with Gasteiger partial charge in [-0.1, -0.05) is 25.1 Å². The first kappa shape index (κ1) is 29.9. The lowest BCUT2D eigenvalue weighted by Gasteiger charge is -2.26. The number of alkyl halides is 5. The number of hydrazine groups is 1. The van der Waals surface area contributed by atoms with Crippen molar-refractivity contribution in [3.63, 3.8) is 0 Å². The van der Waals surface area contributed by atoms with Crippen molar-refractivity contribution in [3.8, 4) is 22.6 Å². The highest BCUT2D eigenvalue weighted by Gasteiger charge is 2.31. The molecule has 1 aromatic heterocycles. The van der Waals surface area contributed by atoms with Crippen molar-refractivity contribution in [2.45, 2.75) is 38.0 Å². The number of nitrogens with two attached hydrogens (primary N) is 2. The van der Waals surface area contributed by atoms with E-state index in [-0.39, 0.29) is 5.70 Å². The maximum absolute atomic E-state index is 14.1. The van der Waals surface area contributed by atoms with Crippen LogP contribution in [0.5, 0.6) is 5.75 Å². The van der Waals surface area contributed by atoms with Gasteiger partial charge in [0.25, 0.3) is 5.92 Å². The zero-order valence-corrected chi connectivity index (χ0v) is 23.2. The maximum Gasteiger partial charge on any atom is 0.573 e. The highest BCUT2D eigenvalue weighted by Crippen LogP contribution is 2.36. The SMILES string of the molecule is CCSc1cccc(-c2ccc(-n3cc(C(C)(F)F)nc3C)c(N(N)/C(=C\N)c3ccc(OC(F)(F)F)cc3)c2)c1. The summed E-state index contributed by atoms with van der Waals surface area (Å²) in [7, 11) is 0. The number of benzene rings is 3. The van der Waals surface area contributed by atoms with Crippen LogP contribution in [-0.2, 0) is 5.92 Å². The van der Waals surface area contributed by atoms with Crippen molar-refractivity contribution in [2.24, 2.45) is 11.6 Å². The Hall–Kier alpha value is -4.03. The lowest BCUT2D eigenvalue weighted by atomic mass is 10.0. The molecule has 216 valence electrons. The van der Waals surface area contributed by atoms with E-state index in [1.54, 1.807) is 30.8 Å². The van der Waals surface area contributed by atoms with Gasteiger partial charge in [-0.25, -0.2) is 10.8 Å². The fourth-order valence-corrected chi connectivity index (χ4v) is 4.95. The molecule has 0 saturated carbocycles. The van der Waals surface area contributed by atoms with Gasteiger partial charge in [0.1, 0.15) is 17.3 Å². The third-order valence-electron chi connectivity index (χ3n) is 6.11. The second-order valence-electron chi connectivity index (χ2n) is 9.09. The quantitative estimate of drug-likeness (QED) is 0.0905. The van der Waals surface area contributed by atoms with E-state index in [9.17, 15) is 22.0 Å². The summed E-state index contributed by atoms with van der Waals surface area (Å²) in [5, 5.41) is 1.26. The first-order chi connectivity index (χ1) is 19.3. The summed E-state index contributed by atoms with van der Waals surface area (Å²) in [6, 6.07) is 18.3. The van der Waals surface area contributed by atoms with Crippen LogP contribution in [0.2, 0.25) is 0 Å². The van der Waals surface area contributed by atoms with Gasteiger partial charge in [0.2, 0.25) is 0 Å². The largest absolute Gasteiger partial charge is 0.573 e. The molecular weight excluding hydrogens is 561 g/mol. The monoisotopic (exact) mass is 589 g/mol. The number of anilines is 1. The Bertz CT molecular complexity index is 1540. The fourth-order valence-electron chi connectivity index (χ4n) is 4.23. The standard InChI is InChI=1S/C29H28F5N5OS/c1-4-41-23-7-5-6-20(14-23)21-10-13-24(38-17-27(28(3,30)31)37-18(38)2)25(15-21)39(36)26(16-35)19-8-11-22(12-9-19)40-29(32,33)34/h5-17H,4,35-36H2,1-3H3/b26-16-. The molecule has 0 saturated heterocycles. The molecule has 0 fully saturated rings. The number of rotatable bonds is 9. The molecule has 0 atom stereocenters. The Labute approximate surface area is 238 Å². The molecule has 0 aliphatic carbocycles. The third kappa shape index (κ3) is 7.01. The first-order valence-electron chi connectivity index (χ1n) is 12.5. The molecule has 41 heavy (non-hydrogen) atoms. The van der Waals surface area contributed by atoms with Crippen molar-refractivity contribution in [2.75, 3.05) is 10.8 Å². The van der Waals surface area contributed by atoms with Crippen molar-refractivity contribution in [3.05, 3.63) is 96.2 Å². The molecule has 0 aliphatic heterocycles. The van der Waals surface area contributed by atoms with Crippen LogP contribution in [0.25, 0.3) is 22.5 Å². The van der Waals surface area contributed by atoms with Crippen LogP contribution in [0.15, 0.2) is 84.0 Å². The molecule has 0 amide bonds. The normalized spacial score (nSPS) is 12.5. The molecule has 3 aromatic carbocycles. The van der Waals surface area contributed by atoms with E-state index in [2.05, 4.69) is 16.6 Å². The number of nitrogens with zero attached hydrogens (tertiary/aromatic N) is 3. The van der Waals surface area contributed by atoms with Gasteiger partial charge < -0.3 is 15.0 Å². The van der Waals surface area contributed by atoms with Gasteiger partial charge in [-0.15, -0.1) is 24.9 Å². The Morgan fingerprint density at radius 2 is 1.71 bits per heavy atom. The first-order valence-corrected chi connectivity index (χ1v) is 13.4. The topological polar surface area (TPSA) is 82.3 Å². The average Bonchev–Trinajstić information content (AvgIpc) is 3.31. The fraction of sp³-hybridized carbons (Fsp3) is 0.207. The minimum Gasteiger partial charge on any atom is -0.406 e. The lowest BCUT2D eigenvalue weighted by Crippen LogP contribution is -2.31. The second-order valence-corrected chi connectivity index (χ2v) is 10.4. The molecule has 0 bridgehead atoms. The van der Waals surface area contributed by atoms with Gasteiger partial charge in [-0.05, 0) is 72.3 Å². The van der Waals surface area contributed by atoms with Crippen molar-refractivity contribution >= 4 is 23.1 Å². The van der Waals surface area contributed by atoms with Crippen LogP contribution < -0.4 is 21.3 Å². The number of ether oxygens (including phenoxy) is 1. The number of aromatic nitrogens is 2. The van der Waals surface area contributed by atoms with Gasteiger partial charge in [-0.3, -0.25) is 5.01 Å². The number of imidazole rings is 1. The van der Waals surface area contributed by atoms with Gasteiger partial charge in [-0.2, -0.15) is 8.78 Å². The summed E-state index contributed by atoms with van der Waals surface area (Å²) < 4.78 is 71.6. The molecule has 0 spiro atoms. The molecule has 0 radical (unpaired) electrons. The zero-order valence-electron chi connectivity index (χ0n) is 22.4. The molecule has 0 unspecified atom stereocenters. The number of hydrogen-bond donors (Lipinski definition) is 2. The molecule has 4 N–H and O–H groups in total. The van der Waals surface area contributed by atoms with Crippen LogP contribution in [0.4, 0.5) is 27.6 Å².